The molecule has 2 rings (SSSR count). The topological polar surface area (TPSA) is 15.3 Å². The summed E-state index contributed by atoms with van der Waals surface area (Å²) in [4.78, 5) is 2.38. The van der Waals surface area contributed by atoms with Crippen LogP contribution in [0.25, 0.3) is 0 Å². The minimum atomic E-state index is 0.234. The van der Waals surface area contributed by atoms with E-state index in [1.165, 1.54) is 25.7 Å². The number of rotatable bonds is 5. The molecule has 1 unspecified atom stereocenters. The standard InChI is InChI=1S/C16H24Cl2N2/c1-12(14-7-6-13(17)10-15(14)18)19-11-16(20(2)3)8-4-5-9-16/h6-7,10,12,19H,4-5,8-9,11H2,1-3H3. The quantitative estimate of drug-likeness (QED) is 0.859. The molecule has 0 aromatic heterocycles. The monoisotopic (exact) mass is 314 g/mol. The molecule has 0 heterocycles. The summed E-state index contributed by atoms with van der Waals surface area (Å²) < 4.78 is 0. The largest absolute Gasteiger partial charge is 0.308 e. The predicted octanol–water partition coefficient (Wildman–Crippen LogP) is 4.52. The second-order valence-electron chi connectivity index (χ2n) is 6.09. The minimum absolute atomic E-state index is 0.234. The van der Waals surface area contributed by atoms with E-state index in [2.05, 4.69) is 31.2 Å². The van der Waals surface area contributed by atoms with Crippen molar-refractivity contribution in [3.8, 4) is 0 Å². The summed E-state index contributed by atoms with van der Waals surface area (Å²) in [5.41, 5.74) is 1.41. The van der Waals surface area contributed by atoms with Gasteiger partial charge >= 0.3 is 0 Å². The fourth-order valence-electron chi connectivity index (χ4n) is 3.12. The van der Waals surface area contributed by atoms with Gasteiger partial charge in [0, 0.05) is 28.2 Å². The Morgan fingerprint density at radius 1 is 1.25 bits per heavy atom. The highest BCUT2D eigenvalue weighted by atomic mass is 35.5. The van der Waals surface area contributed by atoms with Crippen LogP contribution in [-0.2, 0) is 0 Å². The van der Waals surface area contributed by atoms with Gasteiger partial charge in [0.1, 0.15) is 0 Å². The molecule has 0 aliphatic heterocycles. The maximum Gasteiger partial charge on any atom is 0.0468 e. The first-order chi connectivity index (χ1) is 9.44. The van der Waals surface area contributed by atoms with Gasteiger partial charge in [-0.1, -0.05) is 42.1 Å². The zero-order chi connectivity index (χ0) is 14.8. The molecule has 1 atom stereocenters. The van der Waals surface area contributed by atoms with Gasteiger partial charge in [0.25, 0.3) is 0 Å². The highest BCUT2D eigenvalue weighted by molar-refractivity contribution is 6.35. The molecule has 1 fully saturated rings. The lowest BCUT2D eigenvalue weighted by Crippen LogP contribution is -2.50. The molecule has 0 amide bonds. The Kier molecular flexibility index (Phi) is 5.36. The summed E-state index contributed by atoms with van der Waals surface area (Å²) >= 11 is 12.2. The minimum Gasteiger partial charge on any atom is -0.308 e. The molecule has 20 heavy (non-hydrogen) atoms. The molecule has 0 spiro atoms. The van der Waals surface area contributed by atoms with Crippen LogP contribution in [0.4, 0.5) is 0 Å². The summed E-state index contributed by atoms with van der Waals surface area (Å²) in [6.45, 7) is 3.16. The van der Waals surface area contributed by atoms with Gasteiger partial charge in [0.15, 0.2) is 0 Å². The van der Waals surface area contributed by atoms with Crippen LogP contribution >= 0.6 is 23.2 Å². The van der Waals surface area contributed by atoms with Crippen LogP contribution in [0.3, 0.4) is 0 Å². The highest BCUT2D eigenvalue weighted by Crippen LogP contribution is 2.34. The van der Waals surface area contributed by atoms with Crippen LogP contribution in [0, 0.1) is 0 Å². The SMILES string of the molecule is CC(NCC1(N(C)C)CCCC1)c1ccc(Cl)cc1Cl. The van der Waals surface area contributed by atoms with Crippen molar-refractivity contribution in [3.63, 3.8) is 0 Å². The lowest BCUT2D eigenvalue weighted by molar-refractivity contribution is 0.150. The zero-order valence-electron chi connectivity index (χ0n) is 12.5. The van der Waals surface area contributed by atoms with Crippen LogP contribution in [0.1, 0.15) is 44.2 Å². The third-order valence-electron chi connectivity index (χ3n) is 4.65. The van der Waals surface area contributed by atoms with Crippen molar-refractivity contribution in [2.24, 2.45) is 0 Å². The molecule has 0 saturated heterocycles. The number of nitrogens with one attached hydrogen (secondary N) is 1. The average Bonchev–Trinajstić information content (AvgIpc) is 2.86. The molecular weight excluding hydrogens is 291 g/mol. The van der Waals surface area contributed by atoms with Crippen molar-refractivity contribution >= 4 is 23.2 Å². The molecular formula is C16H24Cl2N2. The van der Waals surface area contributed by atoms with Crippen molar-refractivity contribution in [3.05, 3.63) is 33.8 Å². The number of halogens is 2. The fourth-order valence-corrected chi connectivity index (χ4v) is 3.69. The predicted molar refractivity (Wildman–Crippen MR) is 87.8 cm³/mol. The molecule has 1 N–H and O–H groups in total. The molecule has 1 saturated carbocycles. The van der Waals surface area contributed by atoms with Crippen LogP contribution in [0.15, 0.2) is 18.2 Å². The van der Waals surface area contributed by atoms with Crippen LogP contribution in [-0.4, -0.2) is 31.1 Å². The van der Waals surface area contributed by atoms with E-state index in [-0.39, 0.29) is 6.04 Å². The van der Waals surface area contributed by atoms with Crippen molar-refractivity contribution < 1.29 is 0 Å². The Labute approximate surface area is 132 Å². The van der Waals surface area contributed by atoms with Crippen molar-refractivity contribution in [1.29, 1.82) is 0 Å². The molecule has 0 radical (unpaired) electrons. The first-order valence-electron chi connectivity index (χ1n) is 7.30. The Morgan fingerprint density at radius 3 is 2.45 bits per heavy atom. The number of likely N-dealkylation sites (N-methyl/N-ethyl adjacent to an activating group) is 1. The Balaban J connectivity index is 2.02. The molecule has 1 aromatic rings. The highest BCUT2D eigenvalue weighted by Gasteiger charge is 2.35. The van der Waals surface area contributed by atoms with Crippen molar-refractivity contribution in [2.75, 3.05) is 20.6 Å². The van der Waals surface area contributed by atoms with Crippen molar-refractivity contribution in [1.82, 2.24) is 10.2 Å². The van der Waals surface area contributed by atoms with E-state index < -0.39 is 0 Å². The smallest absolute Gasteiger partial charge is 0.0468 e. The van der Waals surface area contributed by atoms with Gasteiger partial charge in [0.05, 0.1) is 0 Å². The fraction of sp³-hybridized carbons (Fsp3) is 0.625. The summed E-state index contributed by atoms with van der Waals surface area (Å²) in [7, 11) is 4.37. The summed E-state index contributed by atoms with van der Waals surface area (Å²) in [6, 6.07) is 5.96. The average molecular weight is 315 g/mol. The molecule has 1 aliphatic carbocycles. The third kappa shape index (κ3) is 3.48. The Morgan fingerprint density at radius 2 is 1.90 bits per heavy atom. The molecule has 1 aromatic carbocycles. The summed E-state index contributed by atoms with van der Waals surface area (Å²) in [6.07, 6.45) is 5.20. The van der Waals surface area contributed by atoms with Crippen LogP contribution in [0.5, 0.6) is 0 Å². The van der Waals surface area contributed by atoms with Crippen LogP contribution in [0.2, 0.25) is 10.0 Å². The number of nitrogens with zero attached hydrogens (tertiary/aromatic N) is 1. The van der Waals surface area contributed by atoms with Gasteiger partial charge in [-0.05, 0) is 51.6 Å². The van der Waals surface area contributed by atoms with Gasteiger partial charge in [-0.25, -0.2) is 0 Å². The van der Waals surface area contributed by atoms with Gasteiger partial charge in [-0.3, -0.25) is 0 Å². The third-order valence-corrected chi connectivity index (χ3v) is 5.21. The number of hydrogen-bond donors (Lipinski definition) is 1. The van der Waals surface area contributed by atoms with E-state index >= 15 is 0 Å². The zero-order valence-corrected chi connectivity index (χ0v) is 14.1. The number of benzene rings is 1. The molecule has 4 heteroatoms. The van der Waals surface area contributed by atoms with E-state index in [1.807, 2.05) is 18.2 Å². The lowest BCUT2D eigenvalue weighted by atomic mass is 9.95. The maximum atomic E-state index is 6.28. The number of hydrogen-bond acceptors (Lipinski definition) is 2. The Bertz CT molecular complexity index is 454. The van der Waals surface area contributed by atoms with Gasteiger partial charge in [0.2, 0.25) is 0 Å². The van der Waals surface area contributed by atoms with E-state index in [0.29, 0.717) is 10.6 Å². The van der Waals surface area contributed by atoms with Crippen molar-refractivity contribution in [2.45, 2.75) is 44.2 Å². The van der Waals surface area contributed by atoms with Crippen LogP contribution < -0.4 is 5.32 Å². The van der Waals surface area contributed by atoms with Gasteiger partial charge in [-0.15, -0.1) is 0 Å². The maximum absolute atomic E-state index is 6.28. The molecule has 2 nitrogen and oxygen atoms in total. The van der Waals surface area contributed by atoms with E-state index in [4.69, 9.17) is 23.2 Å². The summed E-state index contributed by atoms with van der Waals surface area (Å²) in [5.74, 6) is 0. The normalized spacial score (nSPS) is 19.5. The Hall–Kier alpha value is -0.280. The van der Waals surface area contributed by atoms with Gasteiger partial charge in [-0.2, -0.15) is 0 Å². The second kappa shape index (κ2) is 6.65. The van der Waals surface area contributed by atoms with E-state index in [9.17, 15) is 0 Å². The molecule has 0 bridgehead atoms. The van der Waals surface area contributed by atoms with E-state index in [1.54, 1.807) is 0 Å². The first-order valence-corrected chi connectivity index (χ1v) is 8.06. The first kappa shape index (κ1) is 16.1. The lowest BCUT2D eigenvalue weighted by Gasteiger charge is -2.37. The molecule has 112 valence electrons. The van der Waals surface area contributed by atoms with Gasteiger partial charge < -0.3 is 10.2 Å². The summed E-state index contributed by atoms with van der Waals surface area (Å²) in [5, 5.41) is 5.08. The molecule has 1 aliphatic rings. The second-order valence-corrected chi connectivity index (χ2v) is 6.94. The van der Waals surface area contributed by atoms with E-state index in [0.717, 1.165) is 17.1 Å².